The predicted octanol–water partition coefficient (Wildman–Crippen LogP) is 0.783. The van der Waals surface area contributed by atoms with E-state index in [1.807, 2.05) is 13.8 Å². The van der Waals surface area contributed by atoms with Crippen molar-refractivity contribution in [3.63, 3.8) is 0 Å². The summed E-state index contributed by atoms with van der Waals surface area (Å²) >= 11 is 0. The molecule has 0 aliphatic carbocycles. The number of hydrogen-bond donors (Lipinski definition) is 3. The zero-order valence-electron chi connectivity index (χ0n) is 12.7. The number of piperidine rings is 1. The van der Waals surface area contributed by atoms with E-state index >= 15 is 0 Å². The van der Waals surface area contributed by atoms with Gasteiger partial charge in [0.05, 0.1) is 0 Å². The third-order valence-electron chi connectivity index (χ3n) is 4.07. The van der Waals surface area contributed by atoms with Crippen molar-refractivity contribution in [3.05, 3.63) is 0 Å². The van der Waals surface area contributed by atoms with Gasteiger partial charge in [-0.1, -0.05) is 20.3 Å². The summed E-state index contributed by atoms with van der Waals surface area (Å²) in [7, 11) is 0. The fourth-order valence-electron chi connectivity index (χ4n) is 2.71. The molecule has 0 bridgehead atoms. The molecule has 7 heteroatoms. The number of carbonyl (C=O) groups is 3. The van der Waals surface area contributed by atoms with E-state index in [2.05, 4.69) is 5.32 Å². The van der Waals surface area contributed by atoms with E-state index in [1.54, 1.807) is 4.90 Å². The molecule has 0 aromatic rings. The van der Waals surface area contributed by atoms with Crippen LogP contribution in [-0.4, -0.2) is 47.0 Å². The van der Waals surface area contributed by atoms with Crippen LogP contribution in [0, 0.1) is 11.8 Å². The molecule has 0 radical (unpaired) electrons. The zero-order valence-corrected chi connectivity index (χ0v) is 12.7. The zero-order chi connectivity index (χ0) is 16.0. The maximum Gasteiger partial charge on any atom is 0.312 e. The number of carboxylic acids is 1. The number of nitrogens with two attached hydrogens (primary N) is 1. The summed E-state index contributed by atoms with van der Waals surface area (Å²) in [5.74, 6) is -1.06. The Morgan fingerprint density at radius 2 is 2.10 bits per heavy atom. The molecule has 7 nitrogen and oxygen atoms in total. The van der Waals surface area contributed by atoms with Gasteiger partial charge in [0.25, 0.3) is 0 Å². The van der Waals surface area contributed by atoms with Crippen molar-refractivity contribution in [1.82, 2.24) is 10.2 Å². The number of urea groups is 1. The molecular weight excluding hydrogens is 274 g/mol. The summed E-state index contributed by atoms with van der Waals surface area (Å²) in [6.45, 7) is 4.86. The molecule has 0 spiro atoms. The molecule has 3 atom stereocenters. The molecule has 1 heterocycles. The first-order valence-electron chi connectivity index (χ1n) is 7.41. The van der Waals surface area contributed by atoms with Crippen molar-refractivity contribution >= 4 is 17.9 Å². The predicted molar refractivity (Wildman–Crippen MR) is 77.5 cm³/mol. The van der Waals surface area contributed by atoms with Gasteiger partial charge in [-0.15, -0.1) is 0 Å². The van der Waals surface area contributed by atoms with Crippen LogP contribution in [0.2, 0.25) is 0 Å². The largest absolute Gasteiger partial charge is 0.481 e. The lowest BCUT2D eigenvalue weighted by atomic mass is 9.92. The Morgan fingerprint density at radius 1 is 1.43 bits per heavy atom. The second-order valence-corrected chi connectivity index (χ2v) is 5.76. The highest BCUT2D eigenvalue weighted by Gasteiger charge is 2.32. The molecule has 0 saturated carbocycles. The third-order valence-corrected chi connectivity index (χ3v) is 4.07. The fraction of sp³-hybridized carbons (Fsp3) is 0.786. The smallest absolute Gasteiger partial charge is 0.312 e. The molecule has 0 aromatic heterocycles. The lowest BCUT2D eigenvalue weighted by Crippen LogP contribution is -2.55. The quantitative estimate of drug-likeness (QED) is 0.672. The minimum absolute atomic E-state index is 0.0219. The van der Waals surface area contributed by atoms with E-state index < -0.39 is 18.0 Å². The lowest BCUT2D eigenvalue weighted by Gasteiger charge is -2.36. The average Bonchev–Trinajstić information content (AvgIpc) is 2.42. The first-order valence-corrected chi connectivity index (χ1v) is 7.41. The molecule has 21 heavy (non-hydrogen) atoms. The summed E-state index contributed by atoms with van der Waals surface area (Å²) in [5.41, 5.74) is 5.15. The molecule has 120 valence electrons. The first kappa shape index (κ1) is 17.3. The number of carboxylic acid groups (broad SMARTS) is 1. The Hall–Kier alpha value is -1.79. The van der Waals surface area contributed by atoms with Crippen molar-refractivity contribution in [2.24, 2.45) is 17.6 Å². The summed E-state index contributed by atoms with van der Waals surface area (Å²) < 4.78 is 0. The van der Waals surface area contributed by atoms with Crippen LogP contribution in [0.1, 0.15) is 39.5 Å². The van der Waals surface area contributed by atoms with Gasteiger partial charge >= 0.3 is 12.0 Å². The van der Waals surface area contributed by atoms with E-state index in [0.29, 0.717) is 13.1 Å². The van der Waals surface area contributed by atoms with E-state index in [0.717, 1.165) is 19.3 Å². The van der Waals surface area contributed by atoms with Crippen LogP contribution in [0.4, 0.5) is 4.79 Å². The van der Waals surface area contributed by atoms with Gasteiger partial charge in [0, 0.05) is 19.5 Å². The Kier molecular flexibility index (Phi) is 6.45. The van der Waals surface area contributed by atoms with Crippen molar-refractivity contribution in [1.29, 1.82) is 0 Å². The number of hydrogen-bond acceptors (Lipinski definition) is 3. The summed E-state index contributed by atoms with van der Waals surface area (Å²) in [6, 6.07) is -1.36. The van der Waals surface area contributed by atoms with Gasteiger partial charge in [-0.05, 0) is 24.7 Å². The van der Waals surface area contributed by atoms with E-state index in [4.69, 9.17) is 10.8 Å². The number of carbonyl (C=O) groups excluding carboxylic acids is 2. The number of amides is 3. The highest BCUT2D eigenvalue weighted by atomic mass is 16.4. The molecular formula is C14H25N3O4. The number of nitrogens with one attached hydrogen (secondary N) is 1. The van der Waals surface area contributed by atoms with Gasteiger partial charge in [-0.3, -0.25) is 9.59 Å². The molecule has 1 aliphatic rings. The molecule has 1 rings (SSSR count). The minimum atomic E-state index is -0.844. The minimum Gasteiger partial charge on any atom is -0.481 e. The average molecular weight is 299 g/mol. The van der Waals surface area contributed by atoms with Gasteiger partial charge in [0.1, 0.15) is 6.04 Å². The van der Waals surface area contributed by atoms with Crippen LogP contribution >= 0.6 is 0 Å². The van der Waals surface area contributed by atoms with Gasteiger partial charge in [-0.2, -0.15) is 0 Å². The molecule has 1 saturated heterocycles. The lowest BCUT2D eigenvalue weighted by molar-refractivity contribution is -0.141. The van der Waals surface area contributed by atoms with Crippen LogP contribution in [-0.2, 0) is 9.59 Å². The fourth-order valence-corrected chi connectivity index (χ4v) is 2.71. The van der Waals surface area contributed by atoms with Crippen molar-refractivity contribution in [2.75, 3.05) is 13.1 Å². The molecule has 1 aliphatic heterocycles. The summed E-state index contributed by atoms with van der Waals surface area (Å²) in [5, 5.41) is 11.4. The topological polar surface area (TPSA) is 113 Å². The number of rotatable bonds is 6. The molecule has 0 aromatic carbocycles. The summed E-state index contributed by atoms with van der Waals surface area (Å²) in [6.07, 6.45) is 2.41. The molecule has 3 amide bonds. The first-order chi connectivity index (χ1) is 9.85. The van der Waals surface area contributed by atoms with Crippen LogP contribution in [0.15, 0.2) is 0 Å². The Bertz CT molecular complexity index is 400. The van der Waals surface area contributed by atoms with E-state index in [-0.39, 0.29) is 24.2 Å². The van der Waals surface area contributed by atoms with Crippen LogP contribution < -0.4 is 11.1 Å². The van der Waals surface area contributed by atoms with Gasteiger partial charge in [-0.25, -0.2) is 4.79 Å². The van der Waals surface area contributed by atoms with Crippen LogP contribution in [0.5, 0.6) is 0 Å². The standard InChI is InChI=1S/C14H25N3O4/c1-3-9(2)12(16-14(15)21)13(20)17-6-4-5-10(8-17)7-11(18)19/h9-10,12H,3-8H2,1-2H3,(H,18,19)(H3,15,16,21). The Morgan fingerprint density at radius 3 is 2.62 bits per heavy atom. The van der Waals surface area contributed by atoms with Gasteiger partial charge in [0.15, 0.2) is 0 Å². The highest BCUT2D eigenvalue weighted by Crippen LogP contribution is 2.21. The van der Waals surface area contributed by atoms with Crippen molar-refractivity contribution < 1.29 is 19.5 Å². The number of nitrogens with zero attached hydrogens (tertiary/aromatic N) is 1. The Labute approximate surface area is 124 Å². The SMILES string of the molecule is CCC(C)C(NC(N)=O)C(=O)N1CCCC(CC(=O)O)C1. The normalized spacial score (nSPS) is 21.4. The van der Waals surface area contributed by atoms with E-state index in [1.165, 1.54) is 0 Å². The third kappa shape index (κ3) is 5.24. The number of likely N-dealkylation sites (tertiary alicyclic amines) is 1. The second kappa shape index (κ2) is 7.85. The van der Waals surface area contributed by atoms with Crippen molar-refractivity contribution in [3.8, 4) is 0 Å². The van der Waals surface area contributed by atoms with Gasteiger partial charge < -0.3 is 21.1 Å². The maximum absolute atomic E-state index is 12.6. The number of aliphatic carboxylic acids is 1. The van der Waals surface area contributed by atoms with Crippen LogP contribution in [0.3, 0.4) is 0 Å². The van der Waals surface area contributed by atoms with Gasteiger partial charge in [0.2, 0.25) is 5.91 Å². The van der Waals surface area contributed by atoms with Crippen molar-refractivity contribution in [2.45, 2.75) is 45.6 Å². The second-order valence-electron chi connectivity index (χ2n) is 5.76. The molecule has 1 fully saturated rings. The van der Waals surface area contributed by atoms with Crippen LogP contribution in [0.25, 0.3) is 0 Å². The monoisotopic (exact) mass is 299 g/mol. The Balaban J connectivity index is 2.73. The molecule has 3 unspecified atom stereocenters. The maximum atomic E-state index is 12.6. The number of primary amides is 1. The highest BCUT2D eigenvalue weighted by molar-refractivity contribution is 5.87. The summed E-state index contributed by atoms with van der Waals surface area (Å²) in [4.78, 5) is 36.1. The molecule has 4 N–H and O–H groups in total. The van der Waals surface area contributed by atoms with E-state index in [9.17, 15) is 14.4 Å².